The van der Waals surface area contributed by atoms with Crippen molar-refractivity contribution in [2.75, 3.05) is 11.8 Å². The predicted octanol–water partition coefficient (Wildman–Crippen LogP) is 2.76. The monoisotopic (exact) mass is 332 g/mol. The second kappa shape index (κ2) is 30.7. The van der Waals surface area contributed by atoms with Gasteiger partial charge in [0.05, 0.1) is 0 Å². The van der Waals surface area contributed by atoms with Crippen LogP contribution in [0.3, 0.4) is 0 Å². The minimum absolute atomic E-state index is 0.346. The fraction of sp³-hybridized carbons (Fsp3) is 1.00. The van der Waals surface area contributed by atoms with Gasteiger partial charge in [-0.2, -0.15) is 0 Å². The maximum absolute atomic E-state index is 4.85. The van der Waals surface area contributed by atoms with E-state index < -0.39 is 0 Å². The number of hydrogen-bond donors (Lipinski definition) is 0. The molecule has 0 fully saturated rings. The van der Waals surface area contributed by atoms with Gasteiger partial charge in [-0.15, -0.1) is 37.0 Å². The molecular formula is C2H12Cl2P4Ru. The molecule has 0 saturated carbocycles. The Labute approximate surface area is 82.9 Å². The van der Waals surface area contributed by atoms with Gasteiger partial charge in [0.25, 0.3) is 0 Å². The average Bonchev–Trinajstić information content (AvgIpc) is 1.70. The van der Waals surface area contributed by atoms with Gasteiger partial charge in [-0.05, 0) is 11.8 Å². The van der Waals surface area contributed by atoms with E-state index in [1.807, 2.05) is 0 Å². The van der Waals surface area contributed by atoms with Crippen molar-refractivity contribution in [2.45, 2.75) is 0 Å². The van der Waals surface area contributed by atoms with Crippen LogP contribution < -0.4 is 0 Å². The van der Waals surface area contributed by atoms with Crippen molar-refractivity contribution in [1.82, 2.24) is 0 Å². The van der Waals surface area contributed by atoms with Crippen LogP contribution in [0.4, 0.5) is 0 Å². The summed E-state index contributed by atoms with van der Waals surface area (Å²) in [6.07, 6.45) is 0. The van der Waals surface area contributed by atoms with E-state index in [9.17, 15) is 0 Å². The Bertz CT molecular complexity index is 21.3. The molecule has 0 aliphatic rings. The summed E-state index contributed by atoms with van der Waals surface area (Å²) in [7, 11) is 19.9. The van der Waals surface area contributed by atoms with Crippen molar-refractivity contribution in [3.05, 3.63) is 0 Å². The van der Waals surface area contributed by atoms with E-state index in [2.05, 4.69) is 37.0 Å². The topological polar surface area (TPSA) is 0 Å². The van der Waals surface area contributed by atoms with E-state index in [0.29, 0.717) is 0 Å². The molecule has 0 aromatic heterocycles. The third-order valence-electron chi connectivity index (χ3n) is 0. The maximum atomic E-state index is 4.85. The van der Waals surface area contributed by atoms with E-state index in [1.54, 1.807) is 0 Å². The number of rotatable bonds is 0. The molecule has 0 saturated heterocycles. The van der Waals surface area contributed by atoms with Gasteiger partial charge in [0, 0.05) is 0 Å². The van der Waals surface area contributed by atoms with Gasteiger partial charge in [0.15, 0.2) is 0 Å². The van der Waals surface area contributed by atoms with Gasteiger partial charge in [-0.1, -0.05) is 0 Å². The Morgan fingerprint density at radius 3 is 0.889 bits per heavy atom. The molecule has 0 radical (unpaired) electrons. The van der Waals surface area contributed by atoms with Crippen LogP contribution in [-0.4, -0.2) is 11.8 Å². The third kappa shape index (κ3) is 102. The molecule has 0 N–H and O–H groups in total. The van der Waals surface area contributed by atoms with E-state index in [1.165, 1.54) is 0 Å². The first-order valence-electron chi connectivity index (χ1n) is 1.90. The van der Waals surface area contributed by atoms with Crippen molar-refractivity contribution < 1.29 is 15.1 Å². The quantitative estimate of drug-likeness (QED) is 0.473. The summed E-state index contributed by atoms with van der Waals surface area (Å²) in [6.45, 7) is 0. The standard InChI is InChI=1S/2CH6P2.2ClH.Ru/c2*2-1-3;;;/h2*1-3H2;2*1H;/q;;;;+2/p-2. The Morgan fingerprint density at radius 2 is 0.889 bits per heavy atom. The summed E-state index contributed by atoms with van der Waals surface area (Å²) in [5, 5.41) is 0. The number of hydrogen-bond acceptors (Lipinski definition) is 0. The molecule has 0 aromatic carbocycles. The zero-order chi connectivity index (χ0) is 8.12. The van der Waals surface area contributed by atoms with Crippen LogP contribution in [0, 0.1) is 0 Å². The fourth-order valence-corrected chi connectivity index (χ4v) is 0. The summed E-state index contributed by atoms with van der Waals surface area (Å²) in [5.41, 5.74) is 0. The van der Waals surface area contributed by atoms with Crippen LogP contribution >= 0.6 is 56.3 Å². The minimum atomic E-state index is -0.346. The van der Waals surface area contributed by atoms with E-state index in [4.69, 9.17) is 19.4 Å². The van der Waals surface area contributed by atoms with Gasteiger partial charge < -0.3 is 0 Å². The van der Waals surface area contributed by atoms with Crippen LogP contribution in [-0.2, 0) is 15.1 Å². The van der Waals surface area contributed by atoms with Crippen LogP contribution in [0.1, 0.15) is 0 Å². The first-order chi connectivity index (χ1) is 4.24. The normalized spacial score (nSPS) is 6.44. The molecule has 4 atom stereocenters. The van der Waals surface area contributed by atoms with Crippen molar-refractivity contribution in [3.63, 3.8) is 0 Å². The van der Waals surface area contributed by atoms with E-state index in [-0.39, 0.29) is 15.1 Å². The molecule has 7 heteroatoms. The molecule has 9 heavy (non-hydrogen) atoms. The Hall–Kier alpha value is 2.92. The Morgan fingerprint density at radius 1 is 0.889 bits per heavy atom. The molecule has 0 amide bonds. The van der Waals surface area contributed by atoms with Crippen LogP contribution in [0.2, 0.25) is 0 Å². The Balaban J connectivity index is -0.0000000600. The Kier molecular flexibility index (Phi) is 60.9. The summed E-state index contributed by atoms with van der Waals surface area (Å²) in [5.74, 6) is 2.17. The zero-order valence-electron chi connectivity index (χ0n) is 4.83. The molecule has 0 rings (SSSR count). The molecular weight excluding hydrogens is 320 g/mol. The van der Waals surface area contributed by atoms with Gasteiger partial charge >= 0.3 is 34.5 Å². The van der Waals surface area contributed by atoms with Gasteiger partial charge in [0.2, 0.25) is 0 Å². The molecule has 0 aliphatic carbocycles. The molecule has 0 aliphatic heterocycles. The number of halogens is 2. The van der Waals surface area contributed by atoms with E-state index in [0.717, 1.165) is 11.8 Å². The van der Waals surface area contributed by atoms with Gasteiger partial charge in [-0.25, -0.2) is 0 Å². The fourth-order valence-electron chi connectivity index (χ4n) is 0. The van der Waals surface area contributed by atoms with Crippen LogP contribution in [0.25, 0.3) is 0 Å². The predicted molar refractivity (Wildman–Crippen MR) is 60.3 cm³/mol. The zero-order valence-corrected chi connectivity index (χ0v) is 12.7. The SMILES string of the molecule is PCP.PCP.[Cl][Ru][Cl]. The van der Waals surface area contributed by atoms with E-state index >= 15 is 0 Å². The van der Waals surface area contributed by atoms with Gasteiger partial charge in [0.1, 0.15) is 0 Å². The molecule has 4 unspecified atom stereocenters. The van der Waals surface area contributed by atoms with Crippen molar-refractivity contribution in [2.24, 2.45) is 0 Å². The summed E-state index contributed by atoms with van der Waals surface area (Å²) < 4.78 is 0. The van der Waals surface area contributed by atoms with Crippen molar-refractivity contribution in [3.8, 4) is 0 Å². The molecule has 0 aromatic rings. The molecule has 0 bridgehead atoms. The second-order valence-electron chi connectivity index (χ2n) is 0.522. The van der Waals surface area contributed by atoms with Crippen LogP contribution in [0.15, 0.2) is 0 Å². The average molecular weight is 332 g/mol. The van der Waals surface area contributed by atoms with Crippen molar-refractivity contribution >= 4 is 56.3 Å². The molecule has 0 nitrogen and oxygen atoms in total. The van der Waals surface area contributed by atoms with Gasteiger partial charge in [-0.3, -0.25) is 0 Å². The second-order valence-corrected chi connectivity index (χ2v) is 6.93. The molecule has 0 spiro atoms. The summed E-state index contributed by atoms with van der Waals surface area (Å²) >= 11 is -0.346. The third-order valence-corrected chi connectivity index (χ3v) is 0. The first-order valence-corrected chi connectivity index (χ1v) is 9.64. The molecule has 62 valence electrons. The molecule has 0 heterocycles. The first kappa shape index (κ1) is 17.9. The summed E-state index contributed by atoms with van der Waals surface area (Å²) in [4.78, 5) is 0. The van der Waals surface area contributed by atoms with Crippen molar-refractivity contribution in [1.29, 1.82) is 0 Å². The summed E-state index contributed by atoms with van der Waals surface area (Å²) in [6, 6.07) is 0. The van der Waals surface area contributed by atoms with Crippen LogP contribution in [0.5, 0.6) is 0 Å².